The van der Waals surface area contributed by atoms with Crippen molar-refractivity contribution >= 4 is 5.78 Å². The maximum Gasteiger partial charge on any atom is 0.185 e. The number of aryl methyl sites for hydroxylation is 2. The Morgan fingerprint density at radius 3 is 2.74 bits per heavy atom. The van der Waals surface area contributed by atoms with E-state index in [1.54, 1.807) is 13.1 Å². The van der Waals surface area contributed by atoms with Crippen LogP contribution in [0.25, 0.3) is 0 Å². The van der Waals surface area contributed by atoms with E-state index < -0.39 is 11.6 Å². The number of hydrogen-bond donors (Lipinski definition) is 0. The zero-order valence-corrected chi connectivity index (χ0v) is 10.8. The average molecular weight is 264 g/mol. The number of benzene rings is 1. The van der Waals surface area contributed by atoms with Gasteiger partial charge in [0.2, 0.25) is 0 Å². The monoisotopic (exact) mass is 264 g/mol. The van der Waals surface area contributed by atoms with Crippen molar-refractivity contribution in [1.29, 1.82) is 0 Å². The third-order valence-corrected chi connectivity index (χ3v) is 2.96. The van der Waals surface area contributed by atoms with E-state index in [9.17, 15) is 13.6 Å². The van der Waals surface area contributed by atoms with Gasteiger partial charge >= 0.3 is 0 Å². The molecule has 100 valence electrons. The summed E-state index contributed by atoms with van der Waals surface area (Å²) >= 11 is 0. The van der Waals surface area contributed by atoms with Crippen molar-refractivity contribution < 1.29 is 13.6 Å². The summed E-state index contributed by atoms with van der Waals surface area (Å²) in [6.07, 6.45) is 0.543. The lowest BCUT2D eigenvalue weighted by molar-refractivity contribution is 0.0982. The molecule has 0 aliphatic carbocycles. The topological polar surface area (TPSA) is 34.9 Å². The number of hydrogen-bond acceptors (Lipinski definition) is 2. The molecule has 0 saturated carbocycles. The number of carbonyl (C=O) groups excluding carboxylic acids is 1. The van der Waals surface area contributed by atoms with Gasteiger partial charge in [-0.3, -0.25) is 9.48 Å². The Labute approximate surface area is 109 Å². The lowest BCUT2D eigenvalue weighted by Crippen LogP contribution is -2.11. The molecule has 1 heterocycles. The smallest absolute Gasteiger partial charge is 0.185 e. The fraction of sp³-hybridized carbons (Fsp3) is 0.286. The molecule has 0 atom stereocenters. The number of nitrogens with zero attached hydrogens (tertiary/aromatic N) is 2. The molecule has 0 radical (unpaired) electrons. The van der Waals surface area contributed by atoms with Crippen LogP contribution in [0.4, 0.5) is 8.78 Å². The van der Waals surface area contributed by atoms with Crippen LogP contribution < -0.4 is 0 Å². The molecule has 1 aromatic heterocycles. The molecule has 5 heteroatoms. The largest absolute Gasteiger partial charge is 0.292 e. The quantitative estimate of drug-likeness (QED) is 0.796. The normalized spacial score (nSPS) is 10.7. The molecule has 19 heavy (non-hydrogen) atoms. The third-order valence-electron chi connectivity index (χ3n) is 2.96. The molecule has 0 aliphatic heterocycles. The SMILES string of the molecule is CCc1cc(C(=O)Cc2cccc(F)c2F)n(C)n1. The Balaban J connectivity index is 2.25. The second-order valence-electron chi connectivity index (χ2n) is 4.31. The minimum atomic E-state index is -0.964. The second kappa shape index (κ2) is 5.30. The van der Waals surface area contributed by atoms with E-state index in [0.717, 1.165) is 18.2 Å². The summed E-state index contributed by atoms with van der Waals surface area (Å²) < 4.78 is 28.0. The summed E-state index contributed by atoms with van der Waals surface area (Å²) in [5.41, 5.74) is 1.26. The molecule has 0 saturated heterocycles. The van der Waals surface area contributed by atoms with Crippen molar-refractivity contribution in [3.63, 3.8) is 0 Å². The molecular formula is C14H14F2N2O. The van der Waals surface area contributed by atoms with Gasteiger partial charge in [0, 0.05) is 13.5 Å². The van der Waals surface area contributed by atoms with E-state index >= 15 is 0 Å². The Bertz CT molecular complexity index is 620. The first-order valence-electron chi connectivity index (χ1n) is 6.02. The van der Waals surface area contributed by atoms with Crippen molar-refractivity contribution in [3.05, 3.63) is 52.9 Å². The number of halogens is 2. The van der Waals surface area contributed by atoms with Gasteiger partial charge in [0.15, 0.2) is 17.4 Å². The first-order valence-corrected chi connectivity index (χ1v) is 6.02. The first kappa shape index (κ1) is 13.4. The van der Waals surface area contributed by atoms with Gasteiger partial charge in [0.1, 0.15) is 5.69 Å². The summed E-state index contributed by atoms with van der Waals surface area (Å²) in [4.78, 5) is 12.1. The second-order valence-corrected chi connectivity index (χ2v) is 4.31. The van der Waals surface area contributed by atoms with Crippen LogP contribution in [0.2, 0.25) is 0 Å². The van der Waals surface area contributed by atoms with Crippen LogP contribution in [-0.2, 0) is 19.9 Å². The molecule has 0 bridgehead atoms. The summed E-state index contributed by atoms with van der Waals surface area (Å²) in [6, 6.07) is 5.51. The number of Topliss-reactive ketones (excluding diaryl/α,β-unsaturated/α-hetero) is 1. The summed E-state index contributed by atoms with van der Waals surface area (Å²) in [5.74, 6) is -2.18. The predicted octanol–water partition coefficient (Wildman–Crippen LogP) is 2.69. The van der Waals surface area contributed by atoms with Crippen LogP contribution in [0.1, 0.15) is 28.7 Å². The molecule has 0 N–H and O–H groups in total. The zero-order chi connectivity index (χ0) is 14.0. The van der Waals surface area contributed by atoms with E-state index in [4.69, 9.17) is 0 Å². The number of rotatable bonds is 4. The van der Waals surface area contributed by atoms with Crippen molar-refractivity contribution in [2.24, 2.45) is 7.05 Å². The fourth-order valence-corrected chi connectivity index (χ4v) is 1.91. The molecule has 0 unspecified atom stereocenters. The highest BCUT2D eigenvalue weighted by Crippen LogP contribution is 2.15. The van der Waals surface area contributed by atoms with Crippen LogP contribution in [0.5, 0.6) is 0 Å². The third kappa shape index (κ3) is 2.70. The van der Waals surface area contributed by atoms with Crippen molar-refractivity contribution in [1.82, 2.24) is 9.78 Å². The highest BCUT2D eigenvalue weighted by atomic mass is 19.2. The summed E-state index contributed by atoms with van der Waals surface area (Å²) in [5, 5.41) is 4.16. The van der Waals surface area contributed by atoms with Gasteiger partial charge in [0.25, 0.3) is 0 Å². The van der Waals surface area contributed by atoms with E-state index in [1.807, 2.05) is 6.92 Å². The maximum atomic E-state index is 13.5. The highest BCUT2D eigenvalue weighted by Gasteiger charge is 2.16. The summed E-state index contributed by atoms with van der Waals surface area (Å²) in [7, 11) is 1.66. The van der Waals surface area contributed by atoms with Gasteiger partial charge in [-0.1, -0.05) is 19.1 Å². The Kier molecular flexibility index (Phi) is 3.74. The molecule has 3 nitrogen and oxygen atoms in total. The van der Waals surface area contributed by atoms with Gasteiger partial charge in [0.05, 0.1) is 5.69 Å². The molecule has 2 aromatic rings. The van der Waals surface area contributed by atoms with Crippen LogP contribution in [0, 0.1) is 11.6 Å². The fourth-order valence-electron chi connectivity index (χ4n) is 1.91. The van der Waals surface area contributed by atoms with Gasteiger partial charge in [-0.25, -0.2) is 8.78 Å². The Morgan fingerprint density at radius 1 is 1.37 bits per heavy atom. The van der Waals surface area contributed by atoms with Gasteiger partial charge < -0.3 is 0 Å². The summed E-state index contributed by atoms with van der Waals surface area (Å²) in [6.45, 7) is 1.93. The molecule has 0 aliphatic rings. The van der Waals surface area contributed by atoms with Gasteiger partial charge in [-0.15, -0.1) is 0 Å². The lowest BCUT2D eigenvalue weighted by atomic mass is 10.1. The van der Waals surface area contributed by atoms with E-state index in [2.05, 4.69) is 5.10 Å². The standard InChI is InChI=1S/C14H14F2N2O/c1-3-10-8-12(18(2)17-10)13(19)7-9-5-4-6-11(15)14(9)16/h4-6,8H,3,7H2,1-2H3. The minimum Gasteiger partial charge on any atom is -0.292 e. The Hall–Kier alpha value is -2.04. The molecule has 2 rings (SSSR count). The first-order chi connectivity index (χ1) is 9.02. The van der Waals surface area contributed by atoms with Crippen LogP contribution in [0.3, 0.4) is 0 Å². The average Bonchev–Trinajstić information content (AvgIpc) is 2.76. The van der Waals surface area contributed by atoms with Gasteiger partial charge in [-0.05, 0) is 24.1 Å². The highest BCUT2D eigenvalue weighted by molar-refractivity contribution is 5.96. The van der Waals surface area contributed by atoms with Crippen LogP contribution >= 0.6 is 0 Å². The van der Waals surface area contributed by atoms with Crippen molar-refractivity contribution in [3.8, 4) is 0 Å². The predicted molar refractivity (Wildman–Crippen MR) is 67.0 cm³/mol. The van der Waals surface area contributed by atoms with Crippen LogP contribution in [0.15, 0.2) is 24.3 Å². The molecule has 1 aromatic carbocycles. The number of ketones is 1. The molecular weight excluding hydrogens is 250 g/mol. The van der Waals surface area contributed by atoms with Crippen LogP contribution in [-0.4, -0.2) is 15.6 Å². The van der Waals surface area contributed by atoms with E-state index in [-0.39, 0.29) is 17.8 Å². The minimum absolute atomic E-state index is 0.0595. The number of aromatic nitrogens is 2. The number of carbonyl (C=O) groups is 1. The van der Waals surface area contributed by atoms with E-state index in [1.165, 1.54) is 16.8 Å². The molecule has 0 amide bonds. The lowest BCUT2D eigenvalue weighted by Gasteiger charge is -2.03. The Morgan fingerprint density at radius 2 is 2.11 bits per heavy atom. The molecule has 0 fully saturated rings. The van der Waals surface area contributed by atoms with Crippen molar-refractivity contribution in [2.45, 2.75) is 19.8 Å². The molecule has 0 spiro atoms. The van der Waals surface area contributed by atoms with E-state index in [0.29, 0.717) is 5.69 Å². The van der Waals surface area contributed by atoms with Crippen molar-refractivity contribution in [2.75, 3.05) is 0 Å². The zero-order valence-electron chi connectivity index (χ0n) is 10.8. The maximum absolute atomic E-state index is 13.5. The van der Waals surface area contributed by atoms with Gasteiger partial charge in [-0.2, -0.15) is 5.10 Å².